The standard InChI is InChI=1S/C12H14FN3O4/c1-20-12(19)8-4-7(5-9(13)6-8)11(18)10(17)2-3-15-16-14/h4-6,10-11,17-18H,2-3H2,1H3. The van der Waals surface area contributed by atoms with Gasteiger partial charge >= 0.3 is 5.97 Å². The number of halogens is 1. The van der Waals surface area contributed by atoms with Crippen molar-refractivity contribution in [1.82, 2.24) is 0 Å². The van der Waals surface area contributed by atoms with Gasteiger partial charge in [-0.05, 0) is 35.7 Å². The van der Waals surface area contributed by atoms with E-state index in [1.165, 1.54) is 6.07 Å². The van der Waals surface area contributed by atoms with Crippen molar-refractivity contribution in [3.8, 4) is 0 Å². The topological polar surface area (TPSA) is 116 Å². The number of aliphatic hydroxyl groups excluding tert-OH is 2. The van der Waals surface area contributed by atoms with Crippen molar-refractivity contribution in [3.63, 3.8) is 0 Å². The summed E-state index contributed by atoms with van der Waals surface area (Å²) in [7, 11) is 1.15. The number of aliphatic hydroxyl groups is 2. The molecule has 0 saturated heterocycles. The maximum Gasteiger partial charge on any atom is 0.337 e. The van der Waals surface area contributed by atoms with E-state index in [1.807, 2.05) is 0 Å². The van der Waals surface area contributed by atoms with Crippen LogP contribution in [0.1, 0.15) is 28.4 Å². The lowest BCUT2D eigenvalue weighted by Gasteiger charge is -2.18. The van der Waals surface area contributed by atoms with Gasteiger partial charge < -0.3 is 14.9 Å². The third kappa shape index (κ3) is 4.20. The SMILES string of the molecule is COC(=O)c1cc(F)cc(C(O)C(O)CCN=[N+]=[N-])c1. The lowest BCUT2D eigenvalue weighted by molar-refractivity contribution is 0.0148. The number of carbonyl (C=O) groups is 1. The molecule has 0 aliphatic carbocycles. The predicted octanol–water partition coefficient (Wildman–Crippen LogP) is 1.71. The maximum atomic E-state index is 13.4. The number of esters is 1. The van der Waals surface area contributed by atoms with Gasteiger partial charge in [-0.25, -0.2) is 9.18 Å². The Morgan fingerprint density at radius 3 is 2.80 bits per heavy atom. The first-order valence-corrected chi connectivity index (χ1v) is 5.75. The van der Waals surface area contributed by atoms with E-state index in [4.69, 9.17) is 5.53 Å². The normalized spacial score (nSPS) is 13.2. The van der Waals surface area contributed by atoms with Crippen LogP contribution < -0.4 is 0 Å². The first-order chi connectivity index (χ1) is 9.49. The number of rotatable bonds is 6. The maximum absolute atomic E-state index is 13.4. The summed E-state index contributed by atoms with van der Waals surface area (Å²) in [6, 6.07) is 3.21. The quantitative estimate of drug-likeness (QED) is 0.358. The highest BCUT2D eigenvalue weighted by Crippen LogP contribution is 2.22. The molecule has 7 nitrogen and oxygen atoms in total. The lowest BCUT2D eigenvalue weighted by Crippen LogP contribution is -2.19. The Morgan fingerprint density at radius 1 is 1.50 bits per heavy atom. The van der Waals surface area contributed by atoms with Gasteiger partial charge in [0, 0.05) is 11.5 Å². The van der Waals surface area contributed by atoms with E-state index in [2.05, 4.69) is 14.8 Å². The molecule has 0 aliphatic rings. The van der Waals surface area contributed by atoms with Crippen LogP contribution in [0.5, 0.6) is 0 Å². The fourth-order valence-corrected chi connectivity index (χ4v) is 1.63. The third-order valence-electron chi connectivity index (χ3n) is 2.64. The van der Waals surface area contributed by atoms with Gasteiger partial charge in [-0.2, -0.15) is 0 Å². The van der Waals surface area contributed by atoms with E-state index in [0.29, 0.717) is 0 Å². The van der Waals surface area contributed by atoms with Crippen LogP contribution in [0.3, 0.4) is 0 Å². The highest BCUT2D eigenvalue weighted by atomic mass is 19.1. The summed E-state index contributed by atoms with van der Waals surface area (Å²) in [6.07, 6.45) is -2.63. The summed E-state index contributed by atoms with van der Waals surface area (Å²) in [5, 5.41) is 22.8. The molecule has 2 unspecified atom stereocenters. The van der Waals surface area contributed by atoms with Crippen LogP contribution in [-0.4, -0.2) is 35.9 Å². The summed E-state index contributed by atoms with van der Waals surface area (Å²) in [4.78, 5) is 13.8. The first kappa shape index (κ1) is 15.9. The number of nitrogens with zero attached hydrogens (tertiary/aromatic N) is 3. The molecule has 0 amide bonds. The van der Waals surface area contributed by atoms with Crippen molar-refractivity contribution >= 4 is 5.97 Å². The molecule has 2 atom stereocenters. The summed E-state index contributed by atoms with van der Waals surface area (Å²) >= 11 is 0. The molecule has 0 bridgehead atoms. The number of azide groups is 1. The molecule has 1 rings (SSSR count). The number of ether oxygens (including phenoxy) is 1. The Labute approximate surface area is 114 Å². The van der Waals surface area contributed by atoms with Crippen molar-refractivity contribution in [2.75, 3.05) is 13.7 Å². The van der Waals surface area contributed by atoms with Crippen LogP contribution in [0.15, 0.2) is 23.3 Å². The molecule has 0 aromatic heterocycles. The molecule has 0 spiro atoms. The van der Waals surface area contributed by atoms with Gasteiger partial charge in [0.2, 0.25) is 0 Å². The van der Waals surface area contributed by atoms with E-state index >= 15 is 0 Å². The number of methoxy groups -OCH3 is 1. The molecule has 108 valence electrons. The molecule has 8 heteroatoms. The van der Waals surface area contributed by atoms with Crippen molar-refractivity contribution in [3.05, 3.63) is 45.6 Å². The Bertz CT molecular complexity index is 531. The minimum absolute atomic E-state index is 0.00605. The molecule has 0 heterocycles. The highest BCUT2D eigenvalue weighted by Gasteiger charge is 2.20. The fraction of sp³-hybridized carbons (Fsp3) is 0.417. The van der Waals surface area contributed by atoms with Crippen molar-refractivity contribution < 1.29 is 24.1 Å². The summed E-state index contributed by atoms with van der Waals surface area (Å²) in [5.74, 6) is -1.48. The van der Waals surface area contributed by atoms with Gasteiger partial charge in [-0.3, -0.25) is 0 Å². The van der Waals surface area contributed by atoms with Crippen molar-refractivity contribution in [1.29, 1.82) is 0 Å². The van der Waals surface area contributed by atoms with Crippen LogP contribution >= 0.6 is 0 Å². The van der Waals surface area contributed by atoms with Gasteiger partial charge in [-0.15, -0.1) is 0 Å². The molecular weight excluding hydrogens is 269 g/mol. The van der Waals surface area contributed by atoms with Gasteiger partial charge in [0.25, 0.3) is 0 Å². The van der Waals surface area contributed by atoms with E-state index in [9.17, 15) is 19.4 Å². The Kier molecular flexibility index (Phi) is 5.92. The van der Waals surface area contributed by atoms with Gasteiger partial charge in [0.15, 0.2) is 0 Å². The minimum atomic E-state index is -1.40. The number of hydrogen-bond acceptors (Lipinski definition) is 5. The van der Waals surface area contributed by atoms with E-state index in [-0.39, 0.29) is 24.1 Å². The molecule has 1 aromatic carbocycles. The van der Waals surface area contributed by atoms with E-state index in [0.717, 1.165) is 19.2 Å². The average Bonchev–Trinajstić information content (AvgIpc) is 2.45. The molecule has 1 aromatic rings. The lowest BCUT2D eigenvalue weighted by atomic mass is 10.00. The Hall–Kier alpha value is -2.15. The Morgan fingerprint density at radius 2 is 2.20 bits per heavy atom. The first-order valence-electron chi connectivity index (χ1n) is 5.75. The highest BCUT2D eigenvalue weighted by molar-refractivity contribution is 5.89. The Balaban J connectivity index is 2.91. The largest absolute Gasteiger partial charge is 0.465 e. The zero-order valence-corrected chi connectivity index (χ0v) is 10.7. The molecule has 0 radical (unpaired) electrons. The summed E-state index contributed by atoms with van der Waals surface area (Å²) < 4.78 is 17.8. The predicted molar refractivity (Wildman–Crippen MR) is 67.3 cm³/mol. The summed E-state index contributed by atoms with van der Waals surface area (Å²) in [5.41, 5.74) is 8.08. The molecular formula is C12H14FN3O4. The third-order valence-corrected chi connectivity index (χ3v) is 2.64. The van der Waals surface area contributed by atoms with E-state index < -0.39 is 24.0 Å². The number of benzene rings is 1. The smallest absolute Gasteiger partial charge is 0.337 e. The number of carbonyl (C=O) groups excluding carboxylic acids is 1. The molecule has 0 aliphatic heterocycles. The zero-order valence-electron chi connectivity index (χ0n) is 10.7. The van der Waals surface area contributed by atoms with Crippen LogP contribution in [0.2, 0.25) is 0 Å². The van der Waals surface area contributed by atoms with Crippen molar-refractivity contribution in [2.24, 2.45) is 5.11 Å². The molecule has 2 N–H and O–H groups in total. The second kappa shape index (κ2) is 7.44. The number of hydrogen-bond donors (Lipinski definition) is 2. The van der Waals surface area contributed by atoms with Crippen LogP contribution in [0, 0.1) is 5.82 Å². The van der Waals surface area contributed by atoms with Crippen LogP contribution in [0.25, 0.3) is 10.4 Å². The molecule has 0 saturated carbocycles. The molecule has 0 fully saturated rings. The summed E-state index contributed by atoms with van der Waals surface area (Å²) in [6.45, 7) is -0.00605. The fourth-order valence-electron chi connectivity index (χ4n) is 1.63. The second-order valence-corrected chi connectivity index (χ2v) is 4.02. The van der Waals surface area contributed by atoms with Gasteiger partial charge in [-0.1, -0.05) is 5.11 Å². The zero-order chi connectivity index (χ0) is 15.1. The second-order valence-electron chi connectivity index (χ2n) is 4.02. The van der Waals surface area contributed by atoms with E-state index in [1.54, 1.807) is 0 Å². The van der Waals surface area contributed by atoms with Crippen molar-refractivity contribution in [2.45, 2.75) is 18.6 Å². The van der Waals surface area contributed by atoms with Gasteiger partial charge in [0.05, 0.1) is 18.8 Å². The monoisotopic (exact) mass is 283 g/mol. The average molecular weight is 283 g/mol. The minimum Gasteiger partial charge on any atom is -0.465 e. The van der Waals surface area contributed by atoms with Gasteiger partial charge in [0.1, 0.15) is 11.9 Å². The van der Waals surface area contributed by atoms with Crippen LogP contribution in [-0.2, 0) is 4.74 Å². The molecule has 20 heavy (non-hydrogen) atoms. The van der Waals surface area contributed by atoms with Crippen LogP contribution in [0.4, 0.5) is 4.39 Å².